The fraction of sp³-hybridized carbons (Fsp3) is 0.304. The van der Waals surface area contributed by atoms with Crippen LogP contribution in [0.2, 0.25) is 0 Å². The predicted molar refractivity (Wildman–Crippen MR) is 115 cm³/mol. The topological polar surface area (TPSA) is 100 Å². The highest BCUT2D eigenvalue weighted by atomic mass is 16.5. The second-order valence-electron chi connectivity index (χ2n) is 7.60. The molecule has 31 heavy (non-hydrogen) atoms. The molecule has 1 aromatic heterocycles. The normalized spacial score (nSPS) is 18.2. The molecule has 0 radical (unpaired) electrons. The number of aromatic amines is 1. The summed E-state index contributed by atoms with van der Waals surface area (Å²) < 4.78 is 5.60. The number of benzene rings is 2. The Kier molecular flexibility index (Phi) is 6.37. The molecule has 1 aliphatic heterocycles. The number of hydrogen-bond donors (Lipinski definition) is 2. The Bertz CT molecular complexity index is 1020. The average Bonchev–Trinajstić information content (AvgIpc) is 3.42. The number of carbonyl (C=O) groups excluding carboxylic acids is 2. The van der Waals surface area contributed by atoms with Crippen LogP contribution in [0.4, 0.5) is 0 Å². The summed E-state index contributed by atoms with van der Waals surface area (Å²) in [6.07, 6.45) is 0. The van der Waals surface area contributed by atoms with Crippen molar-refractivity contribution in [2.24, 2.45) is 0 Å². The van der Waals surface area contributed by atoms with Crippen LogP contribution in [0.3, 0.4) is 0 Å². The summed E-state index contributed by atoms with van der Waals surface area (Å²) in [5, 5.41) is 10.3. The molecule has 4 rings (SSSR count). The van der Waals surface area contributed by atoms with E-state index in [-0.39, 0.29) is 30.4 Å². The number of carbonyl (C=O) groups is 2. The molecule has 1 fully saturated rings. The number of likely N-dealkylation sites (tertiary alicyclic amines) is 1. The van der Waals surface area contributed by atoms with Crippen LogP contribution < -0.4 is 5.32 Å². The quantitative estimate of drug-likeness (QED) is 0.611. The van der Waals surface area contributed by atoms with Crippen molar-refractivity contribution in [1.29, 1.82) is 0 Å². The van der Waals surface area contributed by atoms with Crippen molar-refractivity contribution in [2.45, 2.75) is 25.5 Å². The first kappa shape index (κ1) is 20.7. The van der Waals surface area contributed by atoms with E-state index in [0.29, 0.717) is 31.3 Å². The highest BCUT2D eigenvalue weighted by Crippen LogP contribution is 2.27. The molecule has 160 valence electrons. The minimum atomic E-state index is -0.243. The summed E-state index contributed by atoms with van der Waals surface area (Å²) in [4.78, 5) is 30.8. The van der Waals surface area contributed by atoms with Crippen LogP contribution in [0.1, 0.15) is 24.2 Å². The highest BCUT2D eigenvalue weighted by Gasteiger charge is 2.38. The molecular formula is C23H25N5O3. The van der Waals surface area contributed by atoms with E-state index in [1.807, 2.05) is 60.7 Å². The molecule has 2 aromatic carbocycles. The summed E-state index contributed by atoms with van der Waals surface area (Å²) in [6, 6.07) is 19.1. The van der Waals surface area contributed by atoms with Crippen LogP contribution in [-0.2, 0) is 20.9 Å². The maximum atomic E-state index is 12.7. The predicted octanol–water partition coefficient (Wildman–Crippen LogP) is 2.12. The number of ether oxygens (including phenoxy) is 1. The molecule has 2 heterocycles. The summed E-state index contributed by atoms with van der Waals surface area (Å²) in [5.74, 6) is 0.808. The van der Waals surface area contributed by atoms with Crippen molar-refractivity contribution >= 4 is 11.8 Å². The first-order chi connectivity index (χ1) is 15.1. The Morgan fingerprint density at radius 2 is 1.81 bits per heavy atom. The number of nitrogens with zero attached hydrogens (tertiary/aromatic N) is 3. The van der Waals surface area contributed by atoms with Gasteiger partial charge in [-0.2, -0.15) is 5.10 Å². The molecule has 3 aromatic rings. The Hall–Kier alpha value is -3.52. The number of amides is 2. The number of nitrogens with one attached hydrogen (secondary N) is 2. The van der Waals surface area contributed by atoms with E-state index in [1.165, 1.54) is 6.92 Å². The lowest BCUT2D eigenvalue weighted by Crippen LogP contribution is -2.40. The molecule has 2 amide bonds. The third-order valence-corrected chi connectivity index (χ3v) is 5.28. The van der Waals surface area contributed by atoms with Gasteiger partial charge in [0.1, 0.15) is 12.4 Å². The van der Waals surface area contributed by atoms with Crippen LogP contribution in [0.25, 0.3) is 11.4 Å². The number of H-pyrrole nitrogens is 1. The molecule has 0 aliphatic carbocycles. The van der Waals surface area contributed by atoms with Crippen LogP contribution in [0.5, 0.6) is 0 Å². The third kappa shape index (κ3) is 5.16. The lowest BCUT2D eigenvalue weighted by atomic mass is 10.0. The molecule has 2 N–H and O–H groups in total. The zero-order valence-corrected chi connectivity index (χ0v) is 17.3. The van der Waals surface area contributed by atoms with Gasteiger partial charge < -0.3 is 15.0 Å². The van der Waals surface area contributed by atoms with Crippen molar-refractivity contribution in [2.75, 3.05) is 19.7 Å². The summed E-state index contributed by atoms with van der Waals surface area (Å²) in [5.41, 5.74) is 1.92. The van der Waals surface area contributed by atoms with Crippen molar-refractivity contribution in [3.8, 4) is 11.4 Å². The SMILES string of the molecule is CC(=O)N[C@@H]1CN(C(=O)COCc2ccccc2)C[C@H]1c1nc(-c2ccccc2)n[nH]1. The van der Waals surface area contributed by atoms with E-state index in [4.69, 9.17) is 4.74 Å². The van der Waals surface area contributed by atoms with Gasteiger partial charge in [0.25, 0.3) is 0 Å². The Labute approximate surface area is 180 Å². The third-order valence-electron chi connectivity index (χ3n) is 5.28. The maximum Gasteiger partial charge on any atom is 0.248 e. The maximum absolute atomic E-state index is 12.7. The average molecular weight is 419 g/mol. The molecule has 0 bridgehead atoms. The smallest absolute Gasteiger partial charge is 0.248 e. The first-order valence-electron chi connectivity index (χ1n) is 10.2. The van der Waals surface area contributed by atoms with Gasteiger partial charge in [0.05, 0.1) is 18.6 Å². The lowest BCUT2D eigenvalue weighted by Gasteiger charge is -2.17. The second kappa shape index (κ2) is 9.53. The van der Waals surface area contributed by atoms with E-state index < -0.39 is 0 Å². The van der Waals surface area contributed by atoms with E-state index in [2.05, 4.69) is 20.5 Å². The van der Waals surface area contributed by atoms with Gasteiger partial charge >= 0.3 is 0 Å². The fourth-order valence-electron chi connectivity index (χ4n) is 3.77. The Morgan fingerprint density at radius 3 is 2.52 bits per heavy atom. The first-order valence-corrected chi connectivity index (χ1v) is 10.2. The molecule has 8 heteroatoms. The summed E-state index contributed by atoms with van der Waals surface area (Å²) >= 11 is 0. The number of rotatable bonds is 7. The van der Waals surface area contributed by atoms with E-state index in [9.17, 15) is 9.59 Å². The molecule has 0 spiro atoms. The van der Waals surface area contributed by atoms with Gasteiger partial charge in [-0.1, -0.05) is 60.7 Å². The van der Waals surface area contributed by atoms with Crippen molar-refractivity contribution in [1.82, 2.24) is 25.4 Å². The van der Waals surface area contributed by atoms with Crippen LogP contribution in [0, 0.1) is 0 Å². The Balaban J connectivity index is 1.42. The lowest BCUT2D eigenvalue weighted by molar-refractivity contribution is -0.135. The zero-order chi connectivity index (χ0) is 21.6. The van der Waals surface area contributed by atoms with Gasteiger partial charge in [0.15, 0.2) is 5.82 Å². The molecule has 1 aliphatic rings. The van der Waals surface area contributed by atoms with Gasteiger partial charge in [0, 0.05) is 25.6 Å². The van der Waals surface area contributed by atoms with Gasteiger partial charge in [-0.25, -0.2) is 4.98 Å². The molecule has 0 unspecified atom stereocenters. The monoisotopic (exact) mass is 419 g/mol. The van der Waals surface area contributed by atoms with Crippen LogP contribution in [0.15, 0.2) is 60.7 Å². The van der Waals surface area contributed by atoms with Gasteiger partial charge in [-0.3, -0.25) is 14.7 Å². The van der Waals surface area contributed by atoms with Crippen LogP contribution in [-0.4, -0.2) is 57.6 Å². The molecule has 2 atom stereocenters. The van der Waals surface area contributed by atoms with E-state index >= 15 is 0 Å². The number of hydrogen-bond acceptors (Lipinski definition) is 5. The fourth-order valence-corrected chi connectivity index (χ4v) is 3.77. The van der Waals surface area contributed by atoms with Crippen molar-refractivity contribution < 1.29 is 14.3 Å². The summed E-state index contributed by atoms with van der Waals surface area (Å²) in [7, 11) is 0. The molecule has 1 saturated heterocycles. The standard InChI is InChI=1S/C23H25N5O3/c1-16(29)24-20-13-28(21(30)15-31-14-17-8-4-2-5-9-17)12-19(20)23-25-22(26-27-23)18-10-6-3-7-11-18/h2-11,19-20H,12-15H2,1H3,(H,24,29)(H,25,26,27)/t19-,20-/m1/s1. The second-order valence-corrected chi connectivity index (χ2v) is 7.60. The van der Waals surface area contributed by atoms with Gasteiger partial charge in [-0.05, 0) is 5.56 Å². The molecular weight excluding hydrogens is 394 g/mol. The molecule has 0 saturated carbocycles. The zero-order valence-electron chi connectivity index (χ0n) is 17.3. The van der Waals surface area contributed by atoms with Gasteiger partial charge in [-0.15, -0.1) is 0 Å². The largest absolute Gasteiger partial charge is 0.367 e. The minimum Gasteiger partial charge on any atom is -0.367 e. The minimum absolute atomic E-state index is 0.0138. The van der Waals surface area contributed by atoms with E-state index in [1.54, 1.807) is 4.90 Å². The highest BCUT2D eigenvalue weighted by molar-refractivity contribution is 5.78. The van der Waals surface area contributed by atoms with Crippen molar-refractivity contribution in [3.05, 3.63) is 72.1 Å². The van der Waals surface area contributed by atoms with E-state index in [0.717, 1.165) is 11.1 Å². The summed E-state index contributed by atoms with van der Waals surface area (Å²) in [6.45, 7) is 2.67. The van der Waals surface area contributed by atoms with Crippen molar-refractivity contribution in [3.63, 3.8) is 0 Å². The molecule has 8 nitrogen and oxygen atoms in total. The van der Waals surface area contributed by atoms with Gasteiger partial charge in [0.2, 0.25) is 11.8 Å². The Morgan fingerprint density at radius 1 is 1.10 bits per heavy atom. The number of aromatic nitrogens is 3. The van der Waals surface area contributed by atoms with Crippen LogP contribution >= 0.6 is 0 Å².